The number of carbonyl (C=O) groups is 1. The van der Waals surface area contributed by atoms with Gasteiger partial charge >= 0.3 is 0 Å². The summed E-state index contributed by atoms with van der Waals surface area (Å²) in [7, 11) is 0. The number of halogens is 1. The first-order valence-corrected chi connectivity index (χ1v) is 8.84. The van der Waals surface area contributed by atoms with Crippen molar-refractivity contribution in [2.45, 2.75) is 20.3 Å². The quantitative estimate of drug-likeness (QED) is 0.736. The van der Waals surface area contributed by atoms with Crippen LogP contribution >= 0.6 is 22.9 Å². The molecule has 0 radical (unpaired) electrons. The van der Waals surface area contributed by atoms with Crippen LogP contribution in [0.25, 0.3) is 10.2 Å². The third-order valence-corrected chi connectivity index (χ3v) is 5.15. The van der Waals surface area contributed by atoms with Gasteiger partial charge in [0.25, 0.3) is 5.91 Å². The number of hydrogen-bond donors (Lipinski definition) is 2. The molecule has 2 aromatic heterocycles. The van der Waals surface area contributed by atoms with Crippen LogP contribution in [0, 0.1) is 13.8 Å². The van der Waals surface area contributed by atoms with Crippen molar-refractivity contribution in [3.63, 3.8) is 0 Å². The van der Waals surface area contributed by atoms with Crippen LogP contribution in [0.3, 0.4) is 0 Å². The van der Waals surface area contributed by atoms with E-state index >= 15 is 0 Å². The van der Waals surface area contributed by atoms with Crippen molar-refractivity contribution in [3.8, 4) is 0 Å². The van der Waals surface area contributed by atoms with Crippen molar-refractivity contribution >= 4 is 44.7 Å². The second-order valence-corrected chi connectivity index (χ2v) is 7.18. The van der Waals surface area contributed by atoms with Crippen molar-refractivity contribution in [3.05, 3.63) is 57.1 Å². The number of thiophene rings is 1. The van der Waals surface area contributed by atoms with Crippen LogP contribution in [-0.2, 0) is 6.42 Å². The van der Waals surface area contributed by atoms with Gasteiger partial charge in [0.2, 0.25) is 0 Å². The molecule has 0 spiro atoms. The van der Waals surface area contributed by atoms with E-state index in [1.54, 1.807) is 0 Å². The minimum Gasteiger partial charge on any atom is -0.397 e. The number of nitrogens with two attached hydrogens (primary N) is 1. The standard InChI is InChI=1S/C18H18ClN3OS/c1-10-8-11(2)22-18-14(10)15(20)16(24-18)17(23)21-7-6-12-4-3-5-13(19)9-12/h3-5,8-9H,6-7,20H2,1-2H3,(H,21,23). The molecular weight excluding hydrogens is 342 g/mol. The highest BCUT2D eigenvalue weighted by atomic mass is 35.5. The van der Waals surface area contributed by atoms with Gasteiger partial charge in [0.1, 0.15) is 9.71 Å². The summed E-state index contributed by atoms with van der Waals surface area (Å²) in [6, 6.07) is 9.60. The highest BCUT2D eigenvalue weighted by Crippen LogP contribution is 2.34. The second kappa shape index (κ2) is 6.79. The predicted octanol–water partition coefficient (Wildman–Crippen LogP) is 4.12. The zero-order valence-electron chi connectivity index (χ0n) is 13.5. The van der Waals surface area contributed by atoms with E-state index in [1.807, 2.05) is 44.2 Å². The number of nitrogens with one attached hydrogen (secondary N) is 1. The average molecular weight is 360 g/mol. The van der Waals surface area contributed by atoms with E-state index in [0.29, 0.717) is 28.6 Å². The summed E-state index contributed by atoms with van der Waals surface area (Å²) >= 11 is 7.31. The molecule has 0 unspecified atom stereocenters. The van der Waals surface area contributed by atoms with Crippen LogP contribution in [-0.4, -0.2) is 17.4 Å². The molecule has 3 aromatic rings. The first-order valence-electron chi connectivity index (χ1n) is 7.64. The highest BCUT2D eigenvalue weighted by molar-refractivity contribution is 7.21. The molecule has 0 atom stereocenters. The number of aryl methyl sites for hydroxylation is 2. The Labute approximate surface area is 149 Å². The van der Waals surface area contributed by atoms with Gasteiger partial charge in [-0.25, -0.2) is 4.98 Å². The van der Waals surface area contributed by atoms with E-state index in [1.165, 1.54) is 11.3 Å². The number of benzene rings is 1. The van der Waals surface area contributed by atoms with E-state index in [0.717, 1.165) is 27.0 Å². The van der Waals surface area contributed by atoms with Gasteiger partial charge in [-0.15, -0.1) is 11.3 Å². The molecule has 6 heteroatoms. The Kier molecular flexibility index (Phi) is 4.73. The Balaban J connectivity index is 1.74. The normalized spacial score (nSPS) is 11.0. The minimum atomic E-state index is -0.158. The van der Waals surface area contributed by atoms with Crippen LogP contribution in [0.4, 0.5) is 5.69 Å². The Morgan fingerprint density at radius 1 is 1.33 bits per heavy atom. The maximum atomic E-state index is 12.5. The van der Waals surface area contributed by atoms with Crippen molar-refractivity contribution in [2.75, 3.05) is 12.3 Å². The Hall–Kier alpha value is -2.11. The Bertz CT molecular complexity index is 920. The van der Waals surface area contributed by atoms with E-state index in [2.05, 4.69) is 10.3 Å². The van der Waals surface area contributed by atoms with E-state index in [-0.39, 0.29) is 5.91 Å². The first-order chi connectivity index (χ1) is 11.5. The SMILES string of the molecule is Cc1cc(C)c2c(N)c(C(=O)NCCc3cccc(Cl)c3)sc2n1. The number of anilines is 1. The van der Waals surface area contributed by atoms with Gasteiger partial charge in [-0.1, -0.05) is 23.7 Å². The molecule has 0 aliphatic rings. The van der Waals surface area contributed by atoms with Crippen molar-refractivity contribution in [1.82, 2.24) is 10.3 Å². The van der Waals surface area contributed by atoms with Gasteiger partial charge in [-0.05, 0) is 49.6 Å². The van der Waals surface area contributed by atoms with E-state index < -0.39 is 0 Å². The maximum Gasteiger partial charge on any atom is 0.263 e. The van der Waals surface area contributed by atoms with Crippen LogP contribution in [0.1, 0.15) is 26.5 Å². The number of carbonyl (C=O) groups excluding carboxylic acids is 1. The average Bonchev–Trinajstić information content (AvgIpc) is 2.84. The zero-order chi connectivity index (χ0) is 17.3. The molecule has 4 nitrogen and oxygen atoms in total. The second-order valence-electron chi connectivity index (χ2n) is 5.74. The number of amides is 1. The van der Waals surface area contributed by atoms with E-state index in [4.69, 9.17) is 17.3 Å². The van der Waals surface area contributed by atoms with Gasteiger partial charge in [0.15, 0.2) is 0 Å². The summed E-state index contributed by atoms with van der Waals surface area (Å²) in [6.07, 6.45) is 0.716. The van der Waals surface area contributed by atoms with E-state index in [9.17, 15) is 4.79 Å². The Morgan fingerprint density at radius 2 is 2.12 bits per heavy atom. The predicted molar refractivity (Wildman–Crippen MR) is 101 cm³/mol. The number of rotatable bonds is 4. The smallest absolute Gasteiger partial charge is 0.263 e. The molecule has 0 aliphatic heterocycles. The monoisotopic (exact) mass is 359 g/mol. The lowest BCUT2D eigenvalue weighted by Gasteiger charge is -2.05. The minimum absolute atomic E-state index is 0.158. The van der Waals surface area contributed by atoms with Gasteiger partial charge in [-0.3, -0.25) is 4.79 Å². The molecule has 3 rings (SSSR count). The van der Waals surface area contributed by atoms with Crippen molar-refractivity contribution in [2.24, 2.45) is 0 Å². The Morgan fingerprint density at radius 3 is 2.88 bits per heavy atom. The maximum absolute atomic E-state index is 12.5. The molecule has 3 N–H and O–H groups in total. The molecule has 24 heavy (non-hydrogen) atoms. The number of nitrogen functional groups attached to an aromatic ring is 1. The summed E-state index contributed by atoms with van der Waals surface area (Å²) in [5.41, 5.74) is 9.75. The van der Waals surface area contributed by atoms with Crippen LogP contribution < -0.4 is 11.1 Å². The molecule has 0 bridgehead atoms. The highest BCUT2D eigenvalue weighted by Gasteiger charge is 2.18. The van der Waals surface area contributed by atoms with Crippen LogP contribution in [0.2, 0.25) is 5.02 Å². The molecular formula is C18H18ClN3OS. The van der Waals surface area contributed by atoms with Gasteiger partial charge < -0.3 is 11.1 Å². The summed E-state index contributed by atoms with van der Waals surface area (Å²) in [4.78, 5) is 18.3. The van der Waals surface area contributed by atoms with Crippen molar-refractivity contribution in [1.29, 1.82) is 0 Å². The molecule has 124 valence electrons. The number of fused-ring (bicyclic) bond motifs is 1. The molecule has 0 saturated carbocycles. The fourth-order valence-corrected chi connectivity index (χ4v) is 4.08. The summed E-state index contributed by atoms with van der Waals surface area (Å²) in [5, 5.41) is 4.50. The summed E-state index contributed by atoms with van der Waals surface area (Å²) in [5.74, 6) is -0.158. The third kappa shape index (κ3) is 3.37. The number of aromatic nitrogens is 1. The fraction of sp³-hybridized carbons (Fsp3) is 0.222. The van der Waals surface area contributed by atoms with Gasteiger partial charge in [0, 0.05) is 22.6 Å². The fourth-order valence-electron chi connectivity index (χ4n) is 2.73. The lowest BCUT2D eigenvalue weighted by atomic mass is 10.1. The molecule has 0 fully saturated rings. The van der Waals surface area contributed by atoms with Gasteiger partial charge in [0.05, 0.1) is 5.69 Å². The number of nitrogens with zero attached hydrogens (tertiary/aromatic N) is 1. The van der Waals surface area contributed by atoms with Crippen LogP contribution in [0.5, 0.6) is 0 Å². The third-order valence-electron chi connectivity index (χ3n) is 3.82. The molecule has 2 heterocycles. The number of pyridine rings is 1. The molecule has 0 aliphatic carbocycles. The topological polar surface area (TPSA) is 68.0 Å². The first kappa shape index (κ1) is 16.7. The number of hydrogen-bond acceptors (Lipinski definition) is 4. The zero-order valence-corrected chi connectivity index (χ0v) is 15.1. The molecule has 0 saturated heterocycles. The lowest BCUT2D eigenvalue weighted by molar-refractivity contribution is 0.0959. The lowest BCUT2D eigenvalue weighted by Crippen LogP contribution is -2.25. The van der Waals surface area contributed by atoms with Gasteiger partial charge in [-0.2, -0.15) is 0 Å². The van der Waals surface area contributed by atoms with Crippen LogP contribution in [0.15, 0.2) is 30.3 Å². The summed E-state index contributed by atoms with van der Waals surface area (Å²) in [6.45, 7) is 4.45. The largest absolute Gasteiger partial charge is 0.397 e. The summed E-state index contributed by atoms with van der Waals surface area (Å²) < 4.78 is 0. The molecule has 1 aromatic carbocycles. The van der Waals surface area contributed by atoms with Crippen molar-refractivity contribution < 1.29 is 4.79 Å². The molecule has 1 amide bonds.